The van der Waals surface area contributed by atoms with Crippen molar-refractivity contribution in [3.8, 4) is 0 Å². The van der Waals surface area contributed by atoms with Crippen molar-refractivity contribution in [2.24, 2.45) is 16.8 Å². The van der Waals surface area contributed by atoms with Gasteiger partial charge in [-0.1, -0.05) is 12.1 Å². The zero-order chi connectivity index (χ0) is 12.8. The van der Waals surface area contributed by atoms with Crippen LogP contribution >= 0.6 is 0 Å². The Morgan fingerprint density at radius 1 is 1.47 bits per heavy atom. The number of nitrogens with zero attached hydrogens (tertiary/aromatic N) is 2. The van der Waals surface area contributed by atoms with Crippen LogP contribution in [0.25, 0.3) is 0 Å². The molecule has 98 valence electrons. The van der Waals surface area contributed by atoms with E-state index in [1.54, 1.807) is 0 Å². The van der Waals surface area contributed by atoms with Crippen LogP contribution in [-0.4, -0.2) is 47.5 Å². The summed E-state index contributed by atoms with van der Waals surface area (Å²) in [5.41, 5.74) is 5.47. The standard InChI is InChI=1S/C11H22N4O2/c1-8(10(12)14-17)7-13-9(2)11(16)15-5-3-4-6-15/h8-9,13,17H,3-7H2,1-2H3,(H2,12,14). The van der Waals surface area contributed by atoms with Crippen molar-refractivity contribution in [3.63, 3.8) is 0 Å². The van der Waals surface area contributed by atoms with E-state index in [0.29, 0.717) is 6.54 Å². The molecule has 17 heavy (non-hydrogen) atoms. The van der Waals surface area contributed by atoms with E-state index in [1.165, 1.54) is 0 Å². The molecule has 0 bridgehead atoms. The van der Waals surface area contributed by atoms with E-state index in [-0.39, 0.29) is 23.7 Å². The third-order valence-corrected chi connectivity index (χ3v) is 3.14. The van der Waals surface area contributed by atoms with Gasteiger partial charge in [-0.2, -0.15) is 0 Å². The normalized spacial score (nSPS) is 20.4. The largest absolute Gasteiger partial charge is 0.409 e. The zero-order valence-corrected chi connectivity index (χ0v) is 10.5. The van der Waals surface area contributed by atoms with E-state index in [2.05, 4.69) is 10.5 Å². The van der Waals surface area contributed by atoms with Gasteiger partial charge >= 0.3 is 0 Å². The molecule has 1 heterocycles. The number of nitrogens with one attached hydrogen (secondary N) is 1. The molecule has 1 fully saturated rings. The molecule has 6 heteroatoms. The molecular weight excluding hydrogens is 220 g/mol. The number of amides is 1. The summed E-state index contributed by atoms with van der Waals surface area (Å²) >= 11 is 0. The van der Waals surface area contributed by atoms with Gasteiger partial charge in [-0.3, -0.25) is 4.79 Å². The van der Waals surface area contributed by atoms with Crippen molar-refractivity contribution in [1.29, 1.82) is 0 Å². The summed E-state index contributed by atoms with van der Waals surface area (Å²) in [6.07, 6.45) is 2.19. The summed E-state index contributed by atoms with van der Waals surface area (Å²) in [5.74, 6) is 0.223. The maximum atomic E-state index is 11.9. The monoisotopic (exact) mass is 242 g/mol. The Morgan fingerprint density at radius 3 is 2.59 bits per heavy atom. The van der Waals surface area contributed by atoms with Gasteiger partial charge in [0.15, 0.2) is 0 Å². The smallest absolute Gasteiger partial charge is 0.239 e. The van der Waals surface area contributed by atoms with Crippen molar-refractivity contribution >= 4 is 11.7 Å². The number of hydrogen-bond acceptors (Lipinski definition) is 4. The number of nitrogens with two attached hydrogens (primary N) is 1. The van der Waals surface area contributed by atoms with Crippen LogP contribution in [0.1, 0.15) is 26.7 Å². The number of oxime groups is 1. The zero-order valence-electron chi connectivity index (χ0n) is 10.5. The first-order chi connectivity index (χ1) is 8.06. The van der Waals surface area contributed by atoms with Crippen LogP contribution in [-0.2, 0) is 4.79 Å². The summed E-state index contributed by atoms with van der Waals surface area (Å²) in [6, 6.07) is -0.220. The molecule has 0 spiro atoms. The Hall–Kier alpha value is -1.30. The van der Waals surface area contributed by atoms with Gasteiger partial charge in [-0.15, -0.1) is 0 Å². The predicted octanol–water partition coefficient (Wildman–Crippen LogP) is -0.0306. The Morgan fingerprint density at radius 2 is 2.06 bits per heavy atom. The van der Waals surface area contributed by atoms with Gasteiger partial charge in [0.2, 0.25) is 5.91 Å². The first-order valence-corrected chi connectivity index (χ1v) is 6.05. The van der Waals surface area contributed by atoms with Gasteiger partial charge in [0, 0.05) is 25.6 Å². The Kier molecular flexibility index (Phi) is 5.21. The second kappa shape index (κ2) is 6.44. The SMILES string of the molecule is CC(CNC(C)C(=O)N1CCCC1)C(N)=NO. The number of amidine groups is 1. The van der Waals surface area contributed by atoms with Gasteiger partial charge in [-0.25, -0.2) is 0 Å². The molecule has 1 rings (SSSR count). The van der Waals surface area contributed by atoms with Crippen molar-refractivity contribution < 1.29 is 10.0 Å². The van der Waals surface area contributed by atoms with Gasteiger partial charge in [0.25, 0.3) is 0 Å². The average Bonchev–Trinajstić information content (AvgIpc) is 2.87. The molecule has 6 nitrogen and oxygen atoms in total. The Balaban J connectivity index is 2.33. The summed E-state index contributed by atoms with van der Waals surface area (Å²) < 4.78 is 0. The highest BCUT2D eigenvalue weighted by Gasteiger charge is 2.23. The van der Waals surface area contributed by atoms with Crippen LogP contribution in [0.2, 0.25) is 0 Å². The second-order valence-electron chi connectivity index (χ2n) is 4.59. The number of rotatable bonds is 5. The van der Waals surface area contributed by atoms with Gasteiger partial charge in [0.05, 0.1) is 6.04 Å². The molecule has 1 aliphatic heterocycles. The Bertz CT molecular complexity index is 287. The first kappa shape index (κ1) is 13.8. The molecule has 2 atom stereocenters. The van der Waals surface area contributed by atoms with Crippen LogP contribution in [0, 0.1) is 5.92 Å². The fourth-order valence-electron chi connectivity index (χ4n) is 1.86. The first-order valence-electron chi connectivity index (χ1n) is 6.05. The highest BCUT2D eigenvalue weighted by atomic mass is 16.4. The molecule has 1 saturated heterocycles. The van der Waals surface area contributed by atoms with E-state index < -0.39 is 0 Å². The van der Waals surface area contributed by atoms with E-state index in [4.69, 9.17) is 10.9 Å². The summed E-state index contributed by atoms with van der Waals surface area (Å²) in [4.78, 5) is 13.8. The fraction of sp³-hybridized carbons (Fsp3) is 0.818. The third-order valence-electron chi connectivity index (χ3n) is 3.14. The lowest BCUT2D eigenvalue weighted by Crippen LogP contribution is -2.46. The minimum absolute atomic E-state index is 0.0890. The summed E-state index contributed by atoms with van der Waals surface area (Å²) in [5, 5.41) is 14.6. The van der Waals surface area contributed by atoms with Crippen LogP contribution < -0.4 is 11.1 Å². The predicted molar refractivity (Wildman–Crippen MR) is 65.9 cm³/mol. The van der Waals surface area contributed by atoms with Crippen LogP contribution in [0.5, 0.6) is 0 Å². The number of likely N-dealkylation sites (tertiary alicyclic amines) is 1. The van der Waals surface area contributed by atoms with Crippen molar-refractivity contribution in [3.05, 3.63) is 0 Å². The van der Waals surface area contributed by atoms with Crippen molar-refractivity contribution in [2.75, 3.05) is 19.6 Å². The fourth-order valence-corrected chi connectivity index (χ4v) is 1.86. The molecule has 1 aliphatic rings. The van der Waals surface area contributed by atoms with E-state index >= 15 is 0 Å². The quantitative estimate of drug-likeness (QED) is 0.273. The number of carbonyl (C=O) groups excluding carboxylic acids is 1. The Labute approximate surface area is 102 Å². The lowest BCUT2D eigenvalue weighted by molar-refractivity contribution is -0.131. The molecule has 2 unspecified atom stereocenters. The molecule has 0 aromatic rings. The molecule has 4 N–H and O–H groups in total. The molecule has 0 saturated carbocycles. The maximum absolute atomic E-state index is 11.9. The van der Waals surface area contributed by atoms with E-state index in [9.17, 15) is 4.79 Å². The number of carbonyl (C=O) groups is 1. The van der Waals surface area contributed by atoms with Crippen LogP contribution in [0.4, 0.5) is 0 Å². The number of hydrogen-bond donors (Lipinski definition) is 3. The van der Waals surface area contributed by atoms with E-state index in [1.807, 2.05) is 18.7 Å². The average molecular weight is 242 g/mol. The van der Waals surface area contributed by atoms with E-state index in [0.717, 1.165) is 25.9 Å². The molecule has 0 radical (unpaired) electrons. The van der Waals surface area contributed by atoms with Gasteiger partial charge in [0.1, 0.15) is 5.84 Å². The van der Waals surface area contributed by atoms with Crippen LogP contribution in [0.3, 0.4) is 0 Å². The minimum Gasteiger partial charge on any atom is -0.409 e. The lowest BCUT2D eigenvalue weighted by atomic mass is 10.1. The molecule has 0 aromatic heterocycles. The minimum atomic E-state index is -0.220. The van der Waals surface area contributed by atoms with Crippen molar-refractivity contribution in [1.82, 2.24) is 10.2 Å². The van der Waals surface area contributed by atoms with Gasteiger partial charge < -0.3 is 21.2 Å². The highest BCUT2D eigenvalue weighted by molar-refractivity contribution is 5.83. The van der Waals surface area contributed by atoms with Gasteiger partial charge in [-0.05, 0) is 19.8 Å². The molecular formula is C11H22N4O2. The highest BCUT2D eigenvalue weighted by Crippen LogP contribution is 2.09. The lowest BCUT2D eigenvalue weighted by Gasteiger charge is -2.22. The summed E-state index contributed by atoms with van der Waals surface area (Å²) in [6.45, 7) is 5.94. The molecule has 0 aromatic carbocycles. The maximum Gasteiger partial charge on any atom is 0.239 e. The topological polar surface area (TPSA) is 91.0 Å². The molecule has 1 amide bonds. The third kappa shape index (κ3) is 3.89. The van der Waals surface area contributed by atoms with Crippen LogP contribution in [0.15, 0.2) is 5.16 Å². The second-order valence-corrected chi connectivity index (χ2v) is 4.59. The summed E-state index contributed by atoms with van der Waals surface area (Å²) in [7, 11) is 0. The molecule has 0 aliphatic carbocycles. The van der Waals surface area contributed by atoms with Crippen molar-refractivity contribution in [2.45, 2.75) is 32.7 Å².